The Morgan fingerprint density at radius 2 is 2.05 bits per heavy atom. The highest BCUT2D eigenvalue weighted by molar-refractivity contribution is 9.10. The maximum atomic E-state index is 4.81. The van der Waals surface area contributed by atoms with E-state index in [1.54, 1.807) is 6.20 Å². The summed E-state index contributed by atoms with van der Waals surface area (Å²) in [4.78, 5) is 13.8. The molecule has 2 aromatic rings. The second-order valence-corrected chi connectivity index (χ2v) is 6.11. The summed E-state index contributed by atoms with van der Waals surface area (Å²) in [6, 6.07) is 5.83. The number of nitrogens with one attached hydrogen (secondary N) is 1. The largest absolute Gasteiger partial charge is 0.369 e. The lowest BCUT2D eigenvalue weighted by Gasteiger charge is -2.16. The third-order valence-electron chi connectivity index (χ3n) is 3.86. The summed E-state index contributed by atoms with van der Waals surface area (Å²) in [5.41, 5.74) is 1.95. The van der Waals surface area contributed by atoms with Crippen LogP contribution in [0.3, 0.4) is 0 Å². The van der Waals surface area contributed by atoms with E-state index >= 15 is 0 Å². The van der Waals surface area contributed by atoms with Crippen LogP contribution in [0.1, 0.15) is 44.2 Å². The Hall–Kier alpha value is -1.49. The van der Waals surface area contributed by atoms with E-state index in [-0.39, 0.29) is 0 Å². The Labute approximate surface area is 133 Å². The van der Waals surface area contributed by atoms with Crippen LogP contribution in [0, 0.1) is 0 Å². The van der Waals surface area contributed by atoms with Gasteiger partial charge in [0, 0.05) is 18.7 Å². The summed E-state index contributed by atoms with van der Waals surface area (Å²) in [5.74, 6) is 2.11. The average molecular weight is 347 g/mol. The smallest absolute Gasteiger partial charge is 0.180 e. The molecule has 0 saturated heterocycles. The second kappa shape index (κ2) is 6.52. The number of pyridine rings is 1. The number of aromatic nitrogens is 3. The van der Waals surface area contributed by atoms with Crippen LogP contribution >= 0.6 is 15.9 Å². The molecule has 0 unspecified atom stereocenters. The first-order chi connectivity index (χ1) is 10.3. The van der Waals surface area contributed by atoms with E-state index in [2.05, 4.69) is 38.1 Å². The summed E-state index contributed by atoms with van der Waals surface area (Å²) in [6.45, 7) is 2.91. The number of nitrogens with zero attached hydrogens (tertiary/aromatic N) is 3. The van der Waals surface area contributed by atoms with Crippen molar-refractivity contribution in [2.24, 2.45) is 0 Å². The molecule has 2 heterocycles. The molecule has 1 N–H and O–H groups in total. The zero-order chi connectivity index (χ0) is 14.7. The Morgan fingerprint density at radius 3 is 2.71 bits per heavy atom. The van der Waals surface area contributed by atoms with Gasteiger partial charge in [-0.05, 0) is 47.8 Å². The van der Waals surface area contributed by atoms with Crippen LogP contribution in [-0.4, -0.2) is 21.5 Å². The van der Waals surface area contributed by atoms with E-state index in [0.29, 0.717) is 11.7 Å². The standard InChI is InChI=1S/C16H19BrN4/c1-2-18-16-13(17)14(11-7-3-4-8-11)20-15(21-16)12-9-5-6-10-19-12/h5-6,9-11H,2-4,7-8H2,1H3,(H,18,20,21). The van der Waals surface area contributed by atoms with Crippen molar-refractivity contribution >= 4 is 21.7 Å². The molecule has 4 nitrogen and oxygen atoms in total. The second-order valence-electron chi connectivity index (χ2n) is 5.32. The number of hydrogen-bond donors (Lipinski definition) is 1. The van der Waals surface area contributed by atoms with E-state index in [1.165, 1.54) is 25.7 Å². The van der Waals surface area contributed by atoms with Crippen LogP contribution < -0.4 is 5.32 Å². The van der Waals surface area contributed by atoms with E-state index in [0.717, 1.165) is 28.2 Å². The van der Waals surface area contributed by atoms with Crippen molar-refractivity contribution in [1.82, 2.24) is 15.0 Å². The summed E-state index contributed by atoms with van der Waals surface area (Å²) in [7, 11) is 0. The van der Waals surface area contributed by atoms with Crippen LogP contribution in [0.25, 0.3) is 11.5 Å². The Morgan fingerprint density at radius 1 is 1.24 bits per heavy atom. The van der Waals surface area contributed by atoms with Crippen LogP contribution in [0.15, 0.2) is 28.9 Å². The number of halogens is 1. The molecule has 0 atom stereocenters. The molecule has 110 valence electrons. The Bertz CT molecular complexity index is 609. The van der Waals surface area contributed by atoms with Gasteiger partial charge in [0.15, 0.2) is 5.82 Å². The lowest BCUT2D eigenvalue weighted by atomic mass is 10.0. The first-order valence-electron chi connectivity index (χ1n) is 7.52. The van der Waals surface area contributed by atoms with Gasteiger partial charge < -0.3 is 5.32 Å². The third kappa shape index (κ3) is 3.07. The molecular formula is C16H19BrN4. The average Bonchev–Trinajstić information content (AvgIpc) is 3.04. The van der Waals surface area contributed by atoms with Crippen molar-refractivity contribution in [3.8, 4) is 11.5 Å². The molecule has 1 aliphatic rings. The van der Waals surface area contributed by atoms with Gasteiger partial charge in [0.2, 0.25) is 0 Å². The maximum Gasteiger partial charge on any atom is 0.180 e. The molecule has 0 aliphatic heterocycles. The minimum atomic E-state index is 0.530. The van der Waals surface area contributed by atoms with Gasteiger partial charge >= 0.3 is 0 Å². The molecule has 2 aromatic heterocycles. The quantitative estimate of drug-likeness (QED) is 0.891. The van der Waals surface area contributed by atoms with E-state index in [1.807, 2.05) is 18.2 Å². The topological polar surface area (TPSA) is 50.7 Å². The van der Waals surface area contributed by atoms with Gasteiger partial charge in [-0.15, -0.1) is 0 Å². The molecule has 1 fully saturated rings. The van der Waals surface area contributed by atoms with E-state index in [9.17, 15) is 0 Å². The Balaban J connectivity index is 2.08. The lowest BCUT2D eigenvalue weighted by Crippen LogP contribution is -2.08. The molecule has 5 heteroatoms. The minimum absolute atomic E-state index is 0.530. The van der Waals surface area contributed by atoms with Crippen molar-refractivity contribution in [3.05, 3.63) is 34.6 Å². The highest BCUT2D eigenvalue weighted by atomic mass is 79.9. The van der Waals surface area contributed by atoms with Gasteiger partial charge in [-0.25, -0.2) is 9.97 Å². The first-order valence-corrected chi connectivity index (χ1v) is 8.31. The van der Waals surface area contributed by atoms with Gasteiger partial charge in [-0.1, -0.05) is 18.9 Å². The predicted octanol–water partition coefficient (Wildman–Crippen LogP) is 4.39. The van der Waals surface area contributed by atoms with Crippen molar-refractivity contribution in [2.45, 2.75) is 38.5 Å². The fourth-order valence-electron chi connectivity index (χ4n) is 2.83. The first kappa shape index (κ1) is 14.4. The summed E-state index contributed by atoms with van der Waals surface area (Å²) in [5, 5.41) is 3.32. The van der Waals surface area contributed by atoms with Crippen molar-refractivity contribution in [1.29, 1.82) is 0 Å². The van der Waals surface area contributed by atoms with Crippen LogP contribution in [-0.2, 0) is 0 Å². The molecule has 1 saturated carbocycles. The monoisotopic (exact) mass is 346 g/mol. The molecule has 1 aliphatic carbocycles. The summed E-state index contributed by atoms with van der Waals surface area (Å²) < 4.78 is 1.01. The maximum absolute atomic E-state index is 4.81. The SMILES string of the molecule is CCNc1nc(-c2ccccn2)nc(C2CCCC2)c1Br. The van der Waals surface area contributed by atoms with Gasteiger partial charge in [-0.2, -0.15) is 0 Å². The van der Waals surface area contributed by atoms with Gasteiger partial charge in [0.1, 0.15) is 11.5 Å². The highest BCUT2D eigenvalue weighted by Crippen LogP contribution is 2.39. The molecule has 0 amide bonds. The van der Waals surface area contributed by atoms with Crippen molar-refractivity contribution < 1.29 is 0 Å². The number of anilines is 1. The fraction of sp³-hybridized carbons (Fsp3) is 0.438. The normalized spacial score (nSPS) is 15.3. The van der Waals surface area contributed by atoms with E-state index < -0.39 is 0 Å². The third-order valence-corrected chi connectivity index (χ3v) is 4.64. The molecule has 0 radical (unpaired) electrons. The molecular weight excluding hydrogens is 328 g/mol. The van der Waals surface area contributed by atoms with Gasteiger partial charge in [0.25, 0.3) is 0 Å². The zero-order valence-corrected chi connectivity index (χ0v) is 13.7. The number of rotatable bonds is 4. The van der Waals surface area contributed by atoms with E-state index in [4.69, 9.17) is 4.98 Å². The van der Waals surface area contributed by atoms with Crippen molar-refractivity contribution in [3.63, 3.8) is 0 Å². The molecule has 0 aromatic carbocycles. The van der Waals surface area contributed by atoms with Gasteiger partial charge in [0.05, 0.1) is 10.2 Å². The Kier molecular flexibility index (Phi) is 4.48. The van der Waals surface area contributed by atoms with Crippen LogP contribution in [0.5, 0.6) is 0 Å². The molecule has 0 spiro atoms. The molecule has 3 rings (SSSR count). The van der Waals surface area contributed by atoms with Crippen molar-refractivity contribution in [2.75, 3.05) is 11.9 Å². The zero-order valence-electron chi connectivity index (χ0n) is 12.1. The highest BCUT2D eigenvalue weighted by Gasteiger charge is 2.24. The van der Waals surface area contributed by atoms with Crippen LogP contribution in [0.2, 0.25) is 0 Å². The summed E-state index contributed by atoms with van der Waals surface area (Å²) >= 11 is 3.69. The minimum Gasteiger partial charge on any atom is -0.369 e. The number of hydrogen-bond acceptors (Lipinski definition) is 4. The molecule has 0 bridgehead atoms. The summed E-state index contributed by atoms with van der Waals surface area (Å²) in [6.07, 6.45) is 6.78. The fourth-order valence-corrected chi connectivity index (χ4v) is 3.47. The molecule has 21 heavy (non-hydrogen) atoms. The van der Waals surface area contributed by atoms with Gasteiger partial charge in [-0.3, -0.25) is 4.98 Å². The lowest BCUT2D eigenvalue weighted by molar-refractivity contribution is 0.691. The predicted molar refractivity (Wildman–Crippen MR) is 88.3 cm³/mol. The van der Waals surface area contributed by atoms with Crippen LogP contribution in [0.4, 0.5) is 5.82 Å².